The van der Waals surface area contributed by atoms with Gasteiger partial charge in [0.1, 0.15) is 12.4 Å². The van der Waals surface area contributed by atoms with Crippen LogP contribution in [0.5, 0.6) is 5.75 Å². The number of hydrogen-bond donors (Lipinski definition) is 1. The van der Waals surface area contributed by atoms with Gasteiger partial charge in [0.15, 0.2) is 5.13 Å². The summed E-state index contributed by atoms with van der Waals surface area (Å²) in [6.45, 7) is 3.39. The molecule has 0 bridgehead atoms. The van der Waals surface area contributed by atoms with Crippen LogP contribution in [0.2, 0.25) is 0 Å². The first-order chi connectivity index (χ1) is 12.7. The highest BCUT2D eigenvalue weighted by Gasteiger charge is 2.16. The standard InChI is InChI=1S/C20H20N2O3S/c1-13-4-2-6-17-18(13)21-20(26-17)22-19(23)14-7-9-15(10-8-14)25-12-16-5-3-11-24-16/h2,4,6-10,16H,3,5,11-12H2,1H3,(H,21,22,23)/t16-/m0/s1. The largest absolute Gasteiger partial charge is 0.491 e. The summed E-state index contributed by atoms with van der Waals surface area (Å²) in [5, 5.41) is 3.49. The van der Waals surface area contributed by atoms with Gasteiger partial charge in [0.25, 0.3) is 5.91 Å². The molecule has 4 rings (SSSR count). The van der Waals surface area contributed by atoms with Gasteiger partial charge in [-0.15, -0.1) is 0 Å². The van der Waals surface area contributed by atoms with Crippen molar-refractivity contribution in [1.82, 2.24) is 4.98 Å². The van der Waals surface area contributed by atoms with Gasteiger partial charge in [-0.25, -0.2) is 4.98 Å². The van der Waals surface area contributed by atoms with Gasteiger partial charge in [-0.05, 0) is 55.7 Å². The number of hydrogen-bond acceptors (Lipinski definition) is 5. The lowest BCUT2D eigenvalue weighted by Gasteiger charge is -2.11. The Bertz CT molecular complexity index is 914. The van der Waals surface area contributed by atoms with Crippen molar-refractivity contribution in [3.8, 4) is 5.75 Å². The highest BCUT2D eigenvalue weighted by Crippen LogP contribution is 2.28. The van der Waals surface area contributed by atoms with E-state index in [9.17, 15) is 4.79 Å². The van der Waals surface area contributed by atoms with E-state index in [4.69, 9.17) is 9.47 Å². The Kier molecular flexibility index (Phi) is 4.86. The van der Waals surface area contributed by atoms with Gasteiger partial charge in [0.2, 0.25) is 0 Å². The molecule has 2 heterocycles. The number of amides is 1. The SMILES string of the molecule is Cc1cccc2sc(NC(=O)c3ccc(OC[C@@H]4CCCO4)cc3)nc12. The van der Waals surface area contributed by atoms with Crippen molar-refractivity contribution < 1.29 is 14.3 Å². The first-order valence-corrected chi connectivity index (χ1v) is 9.53. The van der Waals surface area contributed by atoms with E-state index < -0.39 is 0 Å². The highest BCUT2D eigenvalue weighted by atomic mass is 32.1. The minimum absolute atomic E-state index is 0.174. The summed E-state index contributed by atoms with van der Waals surface area (Å²) in [6.07, 6.45) is 2.32. The molecular weight excluding hydrogens is 348 g/mol. The number of aromatic nitrogens is 1. The molecule has 6 heteroatoms. The highest BCUT2D eigenvalue weighted by molar-refractivity contribution is 7.22. The van der Waals surface area contributed by atoms with E-state index in [2.05, 4.69) is 10.3 Å². The summed E-state index contributed by atoms with van der Waals surface area (Å²) in [4.78, 5) is 17.0. The molecule has 134 valence electrons. The van der Waals surface area contributed by atoms with Crippen LogP contribution in [0.25, 0.3) is 10.2 Å². The number of nitrogens with zero attached hydrogens (tertiary/aromatic N) is 1. The van der Waals surface area contributed by atoms with Crippen molar-refractivity contribution in [2.75, 3.05) is 18.5 Å². The second kappa shape index (κ2) is 7.43. The number of ether oxygens (including phenoxy) is 2. The van der Waals surface area contributed by atoms with Crippen LogP contribution in [0.15, 0.2) is 42.5 Å². The Morgan fingerprint density at radius 3 is 2.88 bits per heavy atom. The Balaban J connectivity index is 1.39. The summed E-state index contributed by atoms with van der Waals surface area (Å²) in [5.74, 6) is 0.569. The third-order valence-electron chi connectivity index (χ3n) is 4.42. The van der Waals surface area contributed by atoms with Crippen LogP contribution in [-0.4, -0.2) is 30.2 Å². The summed E-state index contributed by atoms with van der Waals surface area (Å²) in [7, 11) is 0. The maximum atomic E-state index is 12.4. The second-order valence-corrected chi connectivity index (χ2v) is 7.40. The minimum atomic E-state index is -0.174. The number of anilines is 1. The van der Waals surface area contributed by atoms with E-state index in [0.717, 1.165) is 41.0 Å². The third kappa shape index (κ3) is 3.71. The number of aryl methyl sites for hydroxylation is 1. The molecule has 5 nitrogen and oxygen atoms in total. The smallest absolute Gasteiger partial charge is 0.257 e. The zero-order valence-corrected chi connectivity index (χ0v) is 15.3. The average Bonchev–Trinajstić information content (AvgIpc) is 3.30. The Morgan fingerprint density at radius 1 is 1.31 bits per heavy atom. The predicted molar refractivity (Wildman–Crippen MR) is 103 cm³/mol. The molecule has 0 radical (unpaired) electrons. The zero-order chi connectivity index (χ0) is 17.9. The topological polar surface area (TPSA) is 60.5 Å². The molecule has 1 aromatic heterocycles. The van der Waals surface area contributed by atoms with Crippen molar-refractivity contribution in [3.63, 3.8) is 0 Å². The molecule has 1 atom stereocenters. The molecule has 26 heavy (non-hydrogen) atoms. The van der Waals surface area contributed by atoms with Crippen LogP contribution in [-0.2, 0) is 4.74 Å². The van der Waals surface area contributed by atoms with Gasteiger partial charge >= 0.3 is 0 Å². The molecular formula is C20H20N2O3S. The number of thiazole rings is 1. The summed E-state index contributed by atoms with van der Waals surface area (Å²) in [5.41, 5.74) is 2.61. The number of rotatable bonds is 5. The maximum absolute atomic E-state index is 12.4. The first-order valence-electron chi connectivity index (χ1n) is 8.71. The van der Waals surface area contributed by atoms with Crippen LogP contribution in [0.1, 0.15) is 28.8 Å². The fraction of sp³-hybridized carbons (Fsp3) is 0.300. The van der Waals surface area contributed by atoms with Crippen LogP contribution >= 0.6 is 11.3 Å². The van der Waals surface area contributed by atoms with E-state index in [0.29, 0.717) is 17.3 Å². The predicted octanol–water partition coefficient (Wildman–Crippen LogP) is 4.41. The third-order valence-corrected chi connectivity index (χ3v) is 5.35. The maximum Gasteiger partial charge on any atom is 0.257 e. The van der Waals surface area contributed by atoms with Crippen molar-refractivity contribution in [2.45, 2.75) is 25.9 Å². The lowest BCUT2D eigenvalue weighted by Crippen LogP contribution is -2.16. The molecule has 0 saturated carbocycles. The average molecular weight is 368 g/mol. The molecule has 0 unspecified atom stereocenters. The molecule has 0 aliphatic carbocycles. The first kappa shape index (κ1) is 17.0. The van der Waals surface area contributed by atoms with Gasteiger partial charge in [-0.2, -0.15) is 0 Å². The van der Waals surface area contributed by atoms with Crippen LogP contribution in [0.4, 0.5) is 5.13 Å². The molecule has 1 fully saturated rings. The molecule has 1 saturated heterocycles. The number of nitrogens with one attached hydrogen (secondary N) is 1. The molecule has 1 aliphatic rings. The molecule has 0 spiro atoms. The molecule has 1 amide bonds. The van der Waals surface area contributed by atoms with Crippen LogP contribution < -0.4 is 10.1 Å². The van der Waals surface area contributed by atoms with E-state index >= 15 is 0 Å². The Morgan fingerprint density at radius 2 is 2.15 bits per heavy atom. The summed E-state index contributed by atoms with van der Waals surface area (Å²) >= 11 is 1.48. The van der Waals surface area contributed by atoms with Crippen molar-refractivity contribution >= 4 is 32.6 Å². The molecule has 2 aromatic carbocycles. The number of fused-ring (bicyclic) bond motifs is 1. The lowest BCUT2D eigenvalue weighted by atomic mass is 10.2. The van der Waals surface area contributed by atoms with E-state index in [1.54, 1.807) is 12.1 Å². The fourth-order valence-corrected chi connectivity index (χ4v) is 3.92. The van der Waals surface area contributed by atoms with Gasteiger partial charge in [-0.3, -0.25) is 10.1 Å². The van der Waals surface area contributed by atoms with Crippen LogP contribution in [0, 0.1) is 6.92 Å². The number of carbonyl (C=O) groups excluding carboxylic acids is 1. The Hall–Kier alpha value is -2.44. The van der Waals surface area contributed by atoms with Crippen molar-refractivity contribution in [3.05, 3.63) is 53.6 Å². The summed E-state index contributed by atoms with van der Waals surface area (Å²) < 4.78 is 12.3. The lowest BCUT2D eigenvalue weighted by molar-refractivity contribution is 0.0679. The van der Waals surface area contributed by atoms with Crippen molar-refractivity contribution in [1.29, 1.82) is 0 Å². The van der Waals surface area contributed by atoms with Gasteiger partial charge < -0.3 is 9.47 Å². The monoisotopic (exact) mass is 368 g/mol. The molecule has 1 N–H and O–H groups in total. The van der Waals surface area contributed by atoms with Gasteiger partial charge in [0.05, 0.1) is 16.3 Å². The van der Waals surface area contributed by atoms with Crippen LogP contribution in [0.3, 0.4) is 0 Å². The van der Waals surface area contributed by atoms with Gasteiger partial charge in [-0.1, -0.05) is 23.5 Å². The quantitative estimate of drug-likeness (QED) is 0.724. The van der Waals surface area contributed by atoms with E-state index in [1.807, 2.05) is 37.3 Å². The van der Waals surface area contributed by atoms with E-state index in [1.165, 1.54) is 11.3 Å². The molecule has 1 aliphatic heterocycles. The van der Waals surface area contributed by atoms with Gasteiger partial charge in [0, 0.05) is 12.2 Å². The summed E-state index contributed by atoms with van der Waals surface area (Å²) in [6, 6.07) is 13.2. The second-order valence-electron chi connectivity index (χ2n) is 6.37. The number of para-hydroxylation sites is 1. The van der Waals surface area contributed by atoms with Crippen molar-refractivity contribution in [2.24, 2.45) is 0 Å². The zero-order valence-electron chi connectivity index (χ0n) is 14.5. The van der Waals surface area contributed by atoms with E-state index in [-0.39, 0.29) is 12.0 Å². The Labute approximate surface area is 156 Å². The number of benzene rings is 2. The normalized spacial score (nSPS) is 16.7. The molecule has 3 aromatic rings. The fourth-order valence-electron chi connectivity index (χ4n) is 2.98. The number of carbonyl (C=O) groups is 1. The minimum Gasteiger partial charge on any atom is -0.491 e.